The zero-order valence-corrected chi connectivity index (χ0v) is 9.80. The molecule has 2 aromatic heterocycles. The van der Waals surface area contributed by atoms with E-state index >= 15 is 0 Å². The van der Waals surface area contributed by atoms with Crippen LogP contribution >= 0.6 is 0 Å². The highest BCUT2D eigenvalue weighted by atomic mass is 15.3. The second-order valence-electron chi connectivity index (χ2n) is 3.69. The highest BCUT2D eigenvalue weighted by molar-refractivity contribution is 5.68. The Bertz CT molecular complexity index is 465. The average Bonchev–Trinajstić information content (AvgIpc) is 2.85. The summed E-state index contributed by atoms with van der Waals surface area (Å²) < 4.78 is 1.63. The Morgan fingerprint density at radius 3 is 3.00 bits per heavy atom. The summed E-state index contributed by atoms with van der Waals surface area (Å²) in [5.41, 5.74) is 6.53. The van der Waals surface area contributed by atoms with Gasteiger partial charge in [0, 0.05) is 18.9 Å². The van der Waals surface area contributed by atoms with Crippen LogP contribution < -0.4 is 11.1 Å². The van der Waals surface area contributed by atoms with E-state index in [0.29, 0.717) is 17.3 Å². The number of nitrogens with two attached hydrogens (primary N) is 1. The van der Waals surface area contributed by atoms with Crippen LogP contribution in [-0.2, 0) is 0 Å². The van der Waals surface area contributed by atoms with Crippen molar-refractivity contribution >= 4 is 11.5 Å². The molecular weight excluding hydrogens is 216 g/mol. The van der Waals surface area contributed by atoms with E-state index in [9.17, 15) is 0 Å². The normalized spacial score (nSPS) is 10.4. The summed E-state index contributed by atoms with van der Waals surface area (Å²) in [6.07, 6.45) is 7.19. The van der Waals surface area contributed by atoms with Gasteiger partial charge in [-0.25, -0.2) is 14.6 Å². The number of unbranched alkanes of at least 4 members (excludes halogenated alkanes) is 1. The Balaban J connectivity index is 2.21. The fourth-order valence-corrected chi connectivity index (χ4v) is 1.49. The highest BCUT2D eigenvalue weighted by Gasteiger charge is 2.09. The van der Waals surface area contributed by atoms with Gasteiger partial charge in [0.25, 0.3) is 0 Å². The second-order valence-corrected chi connectivity index (χ2v) is 3.69. The van der Waals surface area contributed by atoms with Crippen LogP contribution in [-0.4, -0.2) is 26.3 Å². The van der Waals surface area contributed by atoms with Crippen molar-refractivity contribution in [2.24, 2.45) is 0 Å². The molecule has 2 rings (SSSR count). The molecule has 0 aromatic carbocycles. The van der Waals surface area contributed by atoms with Gasteiger partial charge >= 0.3 is 0 Å². The van der Waals surface area contributed by atoms with Gasteiger partial charge in [-0.05, 0) is 12.5 Å². The van der Waals surface area contributed by atoms with Crippen LogP contribution in [0.25, 0.3) is 5.82 Å². The van der Waals surface area contributed by atoms with E-state index < -0.39 is 0 Å². The van der Waals surface area contributed by atoms with E-state index in [0.717, 1.165) is 19.4 Å². The molecule has 0 unspecified atom stereocenters. The van der Waals surface area contributed by atoms with Gasteiger partial charge < -0.3 is 11.1 Å². The van der Waals surface area contributed by atoms with Crippen molar-refractivity contribution in [2.45, 2.75) is 19.8 Å². The number of hydrogen-bond acceptors (Lipinski definition) is 5. The second kappa shape index (κ2) is 5.29. The standard InChI is InChI=1S/C11H16N6/c1-2-3-5-13-10-9(12)11(15-8-14-10)17-7-4-6-16-17/h4,6-8H,2-3,5,12H2,1H3,(H,13,14,15). The predicted molar refractivity (Wildman–Crippen MR) is 67.0 cm³/mol. The van der Waals surface area contributed by atoms with Crippen molar-refractivity contribution in [3.8, 4) is 5.82 Å². The van der Waals surface area contributed by atoms with E-state index in [2.05, 4.69) is 27.3 Å². The molecule has 0 aliphatic rings. The number of nitrogen functional groups attached to an aromatic ring is 1. The molecule has 90 valence electrons. The summed E-state index contributed by atoms with van der Waals surface area (Å²) in [7, 11) is 0. The summed E-state index contributed by atoms with van der Waals surface area (Å²) in [6.45, 7) is 3.00. The first-order valence-electron chi connectivity index (χ1n) is 5.67. The van der Waals surface area contributed by atoms with Crippen LogP contribution in [0.3, 0.4) is 0 Å². The van der Waals surface area contributed by atoms with Gasteiger partial charge in [-0.15, -0.1) is 0 Å². The van der Waals surface area contributed by atoms with E-state index in [1.54, 1.807) is 17.1 Å². The lowest BCUT2D eigenvalue weighted by Gasteiger charge is -2.10. The first kappa shape index (κ1) is 11.4. The number of aromatic nitrogens is 4. The van der Waals surface area contributed by atoms with E-state index in [1.807, 2.05) is 6.07 Å². The monoisotopic (exact) mass is 232 g/mol. The molecule has 0 aliphatic carbocycles. The zero-order chi connectivity index (χ0) is 12.1. The van der Waals surface area contributed by atoms with Crippen LogP contribution in [0.5, 0.6) is 0 Å². The Morgan fingerprint density at radius 1 is 1.41 bits per heavy atom. The van der Waals surface area contributed by atoms with Crippen LogP contribution in [0, 0.1) is 0 Å². The average molecular weight is 232 g/mol. The first-order chi connectivity index (χ1) is 8.33. The maximum absolute atomic E-state index is 6.01. The summed E-state index contributed by atoms with van der Waals surface area (Å²) in [5.74, 6) is 1.27. The smallest absolute Gasteiger partial charge is 0.181 e. The van der Waals surface area contributed by atoms with Crippen molar-refractivity contribution in [1.29, 1.82) is 0 Å². The minimum absolute atomic E-state index is 0.521. The highest BCUT2D eigenvalue weighted by Crippen LogP contribution is 2.20. The minimum Gasteiger partial charge on any atom is -0.393 e. The number of hydrogen-bond donors (Lipinski definition) is 2. The number of rotatable bonds is 5. The topological polar surface area (TPSA) is 81.7 Å². The lowest BCUT2D eigenvalue weighted by atomic mass is 10.3. The molecule has 0 bridgehead atoms. The van der Waals surface area contributed by atoms with Gasteiger partial charge in [0.15, 0.2) is 11.6 Å². The van der Waals surface area contributed by atoms with Crippen molar-refractivity contribution in [3.63, 3.8) is 0 Å². The fraction of sp³-hybridized carbons (Fsp3) is 0.364. The third kappa shape index (κ3) is 2.52. The fourth-order valence-electron chi connectivity index (χ4n) is 1.49. The van der Waals surface area contributed by atoms with Crippen LogP contribution in [0.15, 0.2) is 24.8 Å². The van der Waals surface area contributed by atoms with Crippen molar-refractivity contribution in [1.82, 2.24) is 19.7 Å². The maximum atomic E-state index is 6.01. The van der Waals surface area contributed by atoms with Gasteiger partial charge in [0.05, 0.1) is 0 Å². The summed E-state index contributed by atoms with van der Waals surface area (Å²) in [5, 5.41) is 7.30. The number of nitrogens with one attached hydrogen (secondary N) is 1. The number of nitrogens with zero attached hydrogens (tertiary/aromatic N) is 4. The lowest BCUT2D eigenvalue weighted by molar-refractivity contribution is 0.823. The Labute approximate surface area is 99.9 Å². The molecule has 2 heterocycles. The summed E-state index contributed by atoms with van der Waals surface area (Å²) in [6, 6.07) is 1.83. The van der Waals surface area contributed by atoms with Gasteiger partial charge in [-0.3, -0.25) is 0 Å². The SMILES string of the molecule is CCCCNc1ncnc(-n2cccn2)c1N. The van der Waals surface area contributed by atoms with Gasteiger partial charge in [-0.1, -0.05) is 13.3 Å². The summed E-state index contributed by atoms with van der Waals surface area (Å²) >= 11 is 0. The Hall–Kier alpha value is -2.11. The number of anilines is 2. The van der Waals surface area contributed by atoms with Crippen molar-refractivity contribution in [3.05, 3.63) is 24.8 Å². The third-order valence-electron chi connectivity index (χ3n) is 2.41. The Kier molecular flexibility index (Phi) is 3.54. The Morgan fingerprint density at radius 2 is 2.29 bits per heavy atom. The molecule has 0 radical (unpaired) electrons. The molecule has 3 N–H and O–H groups in total. The molecule has 0 saturated heterocycles. The molecule has 0 spiro atoms. The van der Waals surface area contributed by atoms with Crippen molar-refractivity contribution < 1.29 is 0 Å². The zero-order valence-electron chi connectivity index (χ0n) is 9.80. The molecule has 2 aromatic rings. The van der Waals surface area contributed by atoms with Crippen LogP contribution in [0.1, 0.15) is 19.8 Å². The van der Waals surface area contributed by atoms with Crippen LogP contribution in [0.4, 0.5) is 11.5 Å². The molecule has 0 amide bonds. The largest absolute Gasteiger partial charge is 0.393 e. The third-order valence-corrected chi connectivity index (χ3v) is 2.41. The predicted octanol–water partition coefficient (Wildman–Crippen LogP) is 1.46. The molecule has 6 heteroatoms. The van der Waals surface area contributed by atoms with Gasteiger partial charge in [-0.2, -0.15) is 5.10 Å². The molecule has 0 saturated carbocycles. The maximum Gasteiger partial charge on any atom is 0.181 e. The minimum atomic E-state index is 0.521. The van der Waals surface area contributed by atoms with Crippen molar-refractivity contribution in [2.75, 3.05) is 17.6 Å². The first-order valence-corrected chi connectivity index (χ1v) is 5.67. The van der Waals surface area contributed by atoms with Gasteiger partial charge in [0.2, 0.25) is 0 Å². The van der Waals surface area contributed by atoms with E-state index in [1.165, 1.54) is 6.33 Å². The molecule has 6 nitrogen and oxygen atoms in total. The molecule has 0 fully saturated rings. The quantitative estimate of drug-likeness (QED) is 0.763. The molecule has 0 aliphatic heterocycles. The molecule has 0 atom stereocenters. The molecular formula is C11H16N6. The van der Waals surface area contributed by atoms with E-state index in [-0.39, 0.29) is 0 Å². The van der Waals surface area contributed by atoms with Gasteiger partial charge in [0.1, 0.15) is 12.0 Å². The van der Waals surface area contributed by atoms with E-state index in [4.69, 9.17) is 5.73 Å². The molecule has 17 heavy (non-hydrogen) atoms. The summed E-state index contributed by atoms with van der Waals surface area (Å²) in [4.78, 5) is 8.27. The van der Waals surface area contributed by atoms with Crippen LogP contribution in [0.2, 0.25) is 0 Å². The lowest BCUT2D eigenvalue weighted by Crippen LogP contribution is -2.10.